The Kier molecular flexibility index (Phi) is 5.24. The predicted octanol–water partition coefficient (Wildman–Crippen LogP) is 5.85. The molecule has 6 heteroatoms. The van der Waals surface area contributed by atoms with Crippen molar-refractivity contribution >= 4 is 44.8 Å². The normalized spacial score (nSPS) is 12.2. The largest absolute Gasteiger partial charge is 0.375 e. The summed E-state index contributed by atoms with van der Waals surface area (Å²) >= 11 is 15.6. The number of nitrogens with zero attached hydrogens (tertiary/aromatic N) is 1. The van der Waals surface area contributed by atoms with Gasteiger partial charge in [0.25, 0.3) is 0 Å². The van der Waals surface area contributed by atoms with Crippen LogP contribution in [-0.2, 0) is 0 Å². The molecule has 1 aromatic heterocycles. The van der Waals surface area contributed by atoms with E-state index in [1.165, 1.54) is 12.3 Å². The summed E-state index contributed by atoms with van der Waals surface area (Å²) in [7, 11) is 0. The minimum absolute atomic E-state index is 0.0645. The zero-order valence-electron chi connectivity index (χ0n) is 10.6. The van der Waals surface area contributed by atoms with Crippen LogP contribution in [0.15, 0.2) is 34.9 Å². The molecule has 0 aliphatic rings. The first-order chi connectivity index (χ1) is 9.52. The summed E-state index contributed by atoms with van der Waals surface area (Å²) in [4.78, 5) is 4.09. The summed E-state index contributed by atoms with van der Waals surface area (Å²) in [6.07, 6.45) is 1.98. The Hall–Kier alpha value is -0.840. The monoisotopic (exact) mass is 376 g/mol. The van der Waals surface area contributed by atoms with Gasteiger partial charge in [-0.05, 0) is 46.6 Å². The molecule has 0 aliphatic heterocycles. The number of aromatic nitrogens is 1. The van der Waals surface area contributed by atoms with Crippen LogP contribution in [-0.4, -0.2) is 4.98 Å². The molecule has 0 fully saturated rings. The molecule has 0 saturated heterocycles. The summed E-state index contributed by atoms with van der Waals surface area (Å²) in [6, 6.07) is 6.64. The highest BCUT2D eigenvalue weighted by Crippen LogP contribution is 2.37. The predicted molar refractivity (Wildman–Crippen MR) is 85.0 cm³/mol. The van der Waals surface area contributed by atoms with E-state index in [0.717, 1.165) is 22.3 Å². The van der Waals surface area contributed by atoms with Gasteiger partial charge in [-0.2, -0.15) is 0 Å². The second-order valence-electron chi connectivity index (χ2n) is 4.23. The maximum atomic E-state index is 12.9. The van der Waals surface area contributed by atoms with E-state index in [0.29, 0.717) is 10.0 Å². The van der Waals surface area contributed by atoms with Crippen LogP contribution in [0.1, 0.15) is 25.1 Å². The van der Waals surface area contributed by atoms with Gasteiger partial charge in [0.2, 0.25) is 0 Å². The quantitative estimate of drug-likeness (QED) is 0.675. The van der Waals surface area contributed by atoms with Gasteiger partial charge in [0.15, 0.2) is 0 Å². The zero-order valence-corrected chi connectivity index (χ0v) is 13.7. The molecule has 2 rings (SSSR count). The van der Waals surface area contributed by atoms with Crippen LogP contribution in [0.5, 0.6) is 0 Å². The van der Waals surface area contributed by atoms with Gasteiger partial charge >= 0.3 is 0 Å². The van der Waals surface area contributed by atoms with Gasteiger partial charge in [0, 0.05) is 4.47 Å². The van der Waals surface area contributed by atoms with Crippen LogP contribution in [0.25, 0.3) is 0 Å². The number of hydrogen-bond donors (Lipinski definition) is 1. The van der Waals surface area contributed by atoms with Crippen LogP contribution < -0.4 is 5.32 Å². The second kappa shape index (κ2) is 6.74. The molecule has 20 heavy (non-hydrogen) atoms. The van der Waals surface area contributed by atoms with Crippen molar-refractivity contribution in [3.8, 4) is 0 Å². The second-order valence-corrected chi connectivity index (χ2v) is 5.84. The molecule has 1 aromatic carbocycles. The van der Waals surface area contributed by atoms with Crippen LogP contribution in [0, 0.1) is 5.82 Å². The molecule has 0 bridgehead atoms. The first-order valence-electron chi connectivity index (χ1n) is 6.04. The summed E-state index contributed by atoms with van der Waals surface area (Å²) in [6.45, 7) is 2.01. The molecule has 2 nitrogen and oxygen atoms in total. The molecule has 0 amide bonds. The fourth-order valence-electron chi connectivity index (χ4n) is 1.80. The lowest BCUT2D eigenvalue weighted by Crippen LogP contribution is -2.11. The van der Waals surface area contributed by atoms with E-state index >= 15 is 0 Å². The van der Waals surface area contributed by atoms with E-state index in [1.807, 2.05) is 19.1 Å². The fraction of sp³-hybridized carbons (Fsp3) is 0.214. The van der Waals surface area contributed by atoms with Gasteiger partial charge in [-0.25, -0.2) is 4.39 Å². The number of pyridine rings is 1. The highest BCUT2D eigenvalue weighted by atomic mass is 79.9. The first-order valence-corrected chi connectivity index (χ1v) is 7.59. The minimum Gasteiger partial charge on any atom is -0.375 e. The maximum absolute atomic E-state index is 12.9. The van der Waals surface area contributed by atoms with Crippen molar-refractivity contribution in [2.75, 3.05) is 5.32 Å². The van der Waals surface area contributed by atoms with Gasteiger partial charge in [-0.15, -0.1) is 0 Å². The summed E-state index contributed by atoms with van der Waals surface area (Å²) < 4.78 is 13.7. The maximum Gasteiger partial charge on any atom is 0.141 e. The first kappa shape index (κ1) is 15.5. The van der Waals surface area contributed by atoms with E-state index in [2.05, 4.69) is 26.2 Å². The van der Waals surface area contributed by atoms with Crippen molar-refractivity contribution in [1.29, 1.82) is 0 Å². The van der Waals surface area contributed by atoms with Crippen LogP contribution in [0.4, 0.5) is 10.1 Å². The number of halogens is 4. The van der Waals surface area contributed by atoms with Crippen molar-refractivity contribution < 1.29 is 4.39 Å². The van der Waals surface area contributed by atoms with Crippen LogP contribution in [0.2, 0.25) is 10.0 Å². The van der Waals surface area contributed by atoms with Gasteiger partial charge in [0.05, 0.1) is 33.7 Å². The Morgan fingerprint density at radius 1 is 1.25 bits per heavy atom. The van der Waals surface area contributed by atoms with Gasteiger partial charge in [-0.3, -0.25) is 4.98 Å². The third-order valence-corrected chi connectivity index (χ3v) is 4.65. The Bertz CT molecular complexity index is 605. The van der Waals surface area contributed by atoms with E-state index in [9.17, 15) is 4.39 Å². The SMILES string of the molecule is CCC(Nc1ccc(Br)c(Cl)c1Cl)c1ccc(F)cn1. The Labute approximate surface area is 135 Å². The third-order valence-electron chi connectivity index (χ3n) is 2.88. The third kappa shape index (κ3) is 3.43. The van der Waals surface area contributed by atoms with Crippen LogP contribution in [0.3, 0.4) is 0 Å². The van der Waals surface area contributed by atoms with Crippen molar-refractivity contribution in [1.82, 2.24) is 4.98 Å². The molecule has 2 aromatic rings. The molecule has 0 aliphatic carbocycles. The average molecular weight is 378 g/mol. The van der Waals surface area contributed by atoms with Crippen molar-refractivity contribution in [3.05, 3.63) is 56.5 Å². The molecule has 0 radical (unpaired) electrons. The van der Waals surface area contributed by atoms with Crippen molar-refractivity contribution in [3.63, 3.8) is 0 Å². The molecule has 1 heterocycles. The number of anilines is 1. The van der Waals surface area contributed by atoms with E-state index in [4.69, 9.17) is 23.2 Å². The van der Waals surface area contributed by atoms with Crippen molar-refractivity contribution in [2.24, 2.45) is 0 Å². The van der Waals surface area contributed by atoms with E-state index < -0.39 is 0 Å². The fourth-order valence-corrected chi connectivity index (χ4v) is 2.63. The van der Waals surface area contributed by atoms with Gasteiger partial charge in [-0.1, -0.05) is 30.1 Å². The minimum atomic E-state index is -0.353. The molecule has 1 atom stereocenters. The van der Waals surface area contributed by atoms with Crippen LogP contribution >= 0.6 is 39.1 Å². The zero-order chi connectivity index (χ0) is 14.7. The smallest absolute Gasteiger partial charge is 0.141 e. The molecular weight excluding hydrogens is 366 g/mol. The highest BCUT2D eigenvalue weighted by molar-refractivity contribution is 9.10. The number of benzene rings is 1. The lowest BCUT2D eigenvalue weighted by atomic mass is 10.1. The molecule has 1 unspecified atom stereocenters. The number of nitrogens with one attached hydrogen (secondary N) is 1. The number of rotatable bonds is 4. The highest BCUT2D eigenvalue weighted by Gasteiger charge is 2.14. The molecular formula is C14H12BrCl2FN2. The molecule has 0 spiro atoms. The Balaban J connectivity index is 2.27. The Morgan fingerprint density at radius 2 is 2.00 bits per heavy atom. The molecule has 1 N–H and O–H groups in total. The number of hydrogen-bond acceptors (Lipinski definition) is 2. The molecule has 106 valence electrons. The van der Waals surface area contributed by atoms with E-state index in [-0.39, 0.29) is 11.9 Å². The van der Waals surface area contributed by atoms with Gasteiger partial charge < -0.3 is 5.32 Å². The lowest BCUT2D eigenvalue weighted by Gasteiger charge is -2.19. The average Bonchev–Trinajstić information content (AvgIpc) is 2.45. The van der Waals surface area contributed by atoms with Gasteiger partial charge in [0.1, 0.15) is 5.82 Å². The summed E-state index contributed by atoms with van der Waals surface area (Å²) in [5, 5.41) is 4.18. The lowest BCUT2D eigenvalue weighted by molar-refractivity contribution is 0.614. The standard InChI is InChI=1S/C14H12BrCl2FN2/c1-2-10(11-5-3-8(18)7-19-11)20-12-6-4-9(15)13(16)14(12)17/h3-7,10,20H,2H2,1H3. The summed E-state index contributed by atoms with van der Waals surface area (Å²) in [5.41, 5.74) is 1.47. The van der Waals surface area contributed by atoms with E-state index in [1.54, 1.807) is 6.07 Å². The Morgan fingerprint density at radius 3 is 2.60 bits per heavy atom. The molecule has 0 saturated carbocycles. The van der Waals surface area contributed by atoms with Crippen molar-refractivity contribution in [2.45, 2.75) is 19.4 Å². The summed E-state index contributed by atoms with van der Waals surface area (Å²) in [5.74, 6) is -0.353. The topological polar surface area (TPSA) is 24.9 Å².